The molecule has 0 spiro atoms. The van der Waals surface area contributed by atoms with Gasteiger partial charge >= 0.3 is 5.63 Å². The molecule has 4 heteroatoms. The molecule has 1 aromatic carbocycles. The summed E-state index contributed by atoms with van der Waals surface area (Å²) in [6.45, 7) is 13.9. The molecule has 0 N–H and O–H groups in total. The SMILES string of the molecule is C=C(C)[C@@H](C)OC1=Cc2ccc3oc(=O)cc(CCC)c3c2OC1(C)C. The van der Waals surface area contributed by atoms with Crippen LogP contribution in [0.3, 0.4) is 0 Å². The van der Waals surface area contributed by atoms with E-state index in [2.05, 4.69) is 13.5 Å². The van der Waals surface area contributed by atoms with E-state index in [4.69, 9.17) is 13.9 Å². The van der Waals surface area contributed by atoms with Gasteiger partial charge in [-0.3, -0.25) is 0 Å². The Labute approximate surface area is 154 Å². The molecular weight excluding hydrogens is 328 g/mol. The number of benzene rings is 1. The van der Waals surface area contributed by atoms with Crippen LogP contribution in [-0.4, -0.2) is 11.7 Å². The highest BCUT2D eigenvalue weighted by Gasteiger charge is 2.34. The predicted molar refractivity (Wildman–Crippen MR) is 105 cm³/mol. The highest BCUT2D eigenvalue weighted by molar-refractivity contribution is 5.91. The smallest absolute Gasteiger partial charge is 0.336 e. The molecule has 0 fully saturated rings. The van der Waals surface area contributed by atoms with E-state index in [0.717, 1.165) is 46.4 Å². The fourth-order valence-corrected chi connectivity index (χ4v) is 3.10. The molecule has 1 aromatic heterocycles. The summed E-state index contributed by atoms with van der Waals surface area (Å²) in [7, 11) is 0. The van der Waals surface area contributed by atoms with Gasteiger partial charge in [0.05, 0.1) is 5.39 Å². The van der Waals surface area contributed by atoms with Crippen molar-refractivity contribution in [3.8, 4) is 5.75 Å². The van der Waals surface area contributed by atoms with Crippen LogP contribution < -0.4 is 10.4 Å². The van der Waals surface area contributed by atoms with Crippen molar-refractivity contribution in [1.29, 1.82) is 0 Å². The van der Waals surface area contributed by atoms with Gasteiger partial charge in [0.25, 0.3) is 0 Å². The molecule has 1 aliphatic heterocycles. The quantitative estimate of drug-likeness (QED) is 0.544. The molecule has 138 valence electrons. The minimum atomic E-state index is -0.634. The van der Waals surface area contributed by atoms with Gasteiger partial charge < -0.3 is 13.9 Å². The summed E-state index contributed by atoms with van der Waals surface area (Å²) in [5.41, 5.74) is 2.43. The Kier molecular flexibility index (Phi) is 4.70. The zero-order valence-electron chi connectivity index (χ0n) is 16.1. The molecule has 26 heavy (non-hydrogen) atoms. The van der Waals surface area contributed by atoms with E-state index >= 15 is 0 Å². The largest absolute Gasteiger partial charge is 0.486 e. The summed E-state index contributed by atoms with van der Waals surface area (Å²) in [5.74, 6) is 1.50. The lowest BCUT2D eigenvalue weighted by Crippen LogP contribution is -2.36. The monoisotopic (exact) mass is 354 g/mol. The normalized spacial score (nSPS) is 16.4. The third kappa shape index (κ3) is 3.28. The van der Waals surface area contributed by atoms with Crippen LogP contribution in [0.1, 0.15) is 52.2 Å². The second kappa shape index (κ2) is 6.67. The van der Waals surface area contributed by atoms with Crippen molar-refractivity contribution in [2.45, 2.75) is 59.2 Å². The lowest BCUT2D eigenvalue weighted by molar-refractivity contribution is 0.0401. The van der Waals surface area contributed by atoms with Gasteiger partial charge in [-0.05, 0) is 63.5 Å². The van der Waals surface area contributed by atoms with E-state index in [9.17, 15) is 4.79 Å². The summed E-state index contributed by atoms with van der Waals surface area (Å²) in [4.78, 5) is 11.9. The van der Waals surface area contributed by atoms with E-state index < -0.39 is 5.60 Å². The highest BCUT2D eigenvalue weighted by Crippen LogP contribution is 2.42. The first kappa shape index (κ1) is 18.3. The molecule has 0 amide bonds. The number of hydrogen-bond donors (Lipinski definition) is 0. The maximum Gasteiger partial charge on any atom is 0.336 e. The van der Waals surface area contributed by atoms with Gasteiger partial charge in [0.2, 0.25) is 0 Å². The van der Waals surface area contributed by atoms with Crippen molar-refractivity contribution >= 4 is 17.0 Å². The minimum Gasteiger partial charge on any atom is -0.486 e. The van der Waals surface area contributed by atoms with E-state index in [1.807, 2.05) is 45.9 Å². The Morgan fingerprint density at radius 2 is 2.08 bits per heavy atom. The van der Waals surface area contributed by atoms with Crippen LogP contribution >= 0.6 is 0 Å². The number of aryl methyl sites for hydroxylation is 1. The van der Waals surface area contributed by atoms with Crippen LogP contribution in [-0.2, 0) is 11.2 Å². The Morgan fingerprint density at radius 1 is 1.35 bits per heavy atom. The minimum absolute atomic E-state index is 0.0974. The zero-order valence-corrected chi connectivity index (χ0v) is 16.1. The van der Waals surface area contributed by atoms with Crippen LogP contribution in [0.4, 0.5) is 0 Å². The Morgan fingerprint density at radius 3 is 2.73 bits per heavy atom. The van der Waals surface area contributed by atoms with Crippen LogP contribution in [0.2, 0.25) is 0 Å². The van der Waals surface area contributed by atoms with Crippen molar-refractivity contribution in [2.24, 2.45) is 0 Å². The highest BCUT2D eigenvalue weighted by atomic mass is 16.6. The number of rotatable bonds is 5. The first-order valence-electron chi connectivity index (χ1n) is 9.06. The molecule has 4 nitrogen and oxygen atoms in total. The maximum atomic E-state index is 11.9. The van der Waals surface area contributed by atoms with Gasteiger partial charge in [0.1, 0.15) is 23.2 Å². The second-order valence-corrected chi connectivity index (χ2v) is 7.43. The maximum absolute atomic E-state index is 11.9. The first-order chi connectivity index (χ1) is 12.2. The fraction of sp³-hybridized carbons (Fsp3) is 0.409. The number of ether oxygens (including phenoxy) is 2. The molecule has 0 saturated heterocycles. The van der Waals surface area contributed by atoms with Crippen molar-refractivity contribution in [1.82, 2.24) is 0 Å². The van der Waals surface area contributed by atoms with Gasteiger partial charge in [-0.25, -0.2) is 4.79 Å². The summed E-state index contributed by atoms with van der Waals surface area (Å²) < 4.78 is 17.9. The summed E-state index contributed by atoms with van der Waals surface area (Å²) in [6, 6.07) is 5.30. The van der Waals surface area contributed by atoms with Crippen LogP contribution in [0.15, 0.2) is 45.3 Å². The van der Waals surface area contributed by atoms with Gasteiger partial charge in [-0.1, -0.05) is 19.9 Å². The van der Waals surface area contributed by atoms with Crippen molar-refractivity contribution in [2.75, 3.05) is 0 Å². The van der Waals surface area contributed by atoms with Crippen molar-refractivity contribution in [3.63, 3.8) is 0 Å². The average Bonchev–Trinajstić information content (AvgIpc) is 2.54. The molecule has 1 aliphatic rings. The average molecular weight is 354 g/mol. The lowest BCUT2D eigenvalue weighted by atomic mass is 9.95. The van der Waals surface area contributed by atoms with Crippen molar-refractivity contribution < 1.29 is 13.9 Å². The Balaban J connectivity index is 2.19. The molecule has 0 saturated carbocycles. The summed E-state index contributed by atoms with van der Waals surface area (Å²) >= 11 is 0. The molecule has 1 atom stereocenters. The molecule has 0 aliphatic carbocycles. The van der Waals surface area contributed by atoms with E-state index in [-0.39, 0.29) is 11.7 Å². The molecule has 0 unspecified atom stereocenters. The summed E-state index contributed by atoms with van der Waals surface area (Å²) in [5, 5.41) is 0.875. The molecule has 2 aromatic rings. The molecular formula is C22H26O4. The van der Waals surface area contributed by atoms with Crippen LogP contribution in [0.25, 0.3) is 17.0 Å². The zero-order chi connectivity index (χ0) is 19.1. The number of fused-ring (bicyclic) bond motifs is 3. The van der Waals surface area contributed by atoms with Gasteiger partial charge in [-0.2, -0.15) is 0 Å². The fourth-order valence-electron chi connectivity index (χ4n) is 3.10. The van der Waals surface area contributed by atoms with E-state index in [1.165, 1.54) is 0 Å². The van der Waals surface area contributed by atoms with Crippen LogP contribution in [0, 0.1) is 0 Å². The third-order valence-corrected chi connectivity index (χ3v) is 4.73. The molecule has 2 heterocycles. The number of hydrogen-bond acceptors (Lipinski definition) is 4. The van der Waals surface area contributed by atoms with Crippen molar-refractivity contribution in [3.05, 3.63) is 57.7 Å². The van der Waals surface area contributed by atoms with Gasteiger partial charge in [0, 0.05) is 11.6 Å². The Hall–Kier alpha value is -2.49. The van der Waals surface area contributed by atoms with E-state index in [0.29, 0.717) is 5.58 Å². The predicted octanol–water partition coefficient (Wildman–Crippen LogP) is 5.24. The molecule has 3 rings (SSSR count). The Bertz CT molecular complexity index is 947. The first-order valence-corrected chi connectivity index (χ1v) is 9.06. The van der Waals surface area contributed by atoms with Crippen LogP contribution in [0.5, 0.6) is 5.75 Å². The van der Waals surface area contributed by atoms with Gasteiger partial charge in [-0.15, -0.1) is 0 Å². The molecule has 0 radical (unpaired) electrons. The lowest BCUT2D eigenvalue weighted by Gasteiger charge is -2.35. The second-order valence-electron chi connectivity index (χ2n) is 7.43. The third-order valence-electron chi connectivity index (χ3n) is 4.73. The van der Waals surface area contributed by atoms with Gasteiger partial charge in [0.15, 0.2) is 5.60 Å². The topological polar surface area (TPSA) is 48.7 Å². The summed E-state index contributed by atoms with van der Waals surface area (Å²) in [6.07, 6.45) is 3.65. The molecule has 0 bridgehead atoms. The standard InChI is InChI=1S/C22H26O4/c1-7-8-15-12-19(23)25-17-10-9-16-11-18(24-14(4)13(2)3)22(5,6)26-21(16)20(15)17/h9-12,14H,2,7-8H2,1,3-6H3/t14-/m1/s1. The van der Waals surface area contributed by atoms with E-state index in [1.54, 1.807) is 6.07 Å².